The predicted octanol–water partition coefficient (Wildman–Crippen LogP) is 4.52. The number of nitrogens with two attached hydrogens (primary N) is 2. The van der Waals surface area contributed by atoms with E-state index in [0.29, 0.717) is 10.7 Å². The smallest absolute Gasteiger partial charge is 0.475 e. The number of hydrogen-bond acceptors (Lipinski definition) is 8. The Morgan fingerprint density at radius 1 is 0.977 bits per heavy atom. The minimum absolute atomic E-state index is 0.0114. The van der Waals surface area contributed by atoms with Crippen molar-refractivity contribution in [2.45, 2.75) is 57.0 Å². The van der Waals surface area contributed by atoms with Crippen LogP contribution in [0, 0.1) is 6.92 Å². The van der Waals surface area contributed by atoms with E-state index in [9.17, 15) is 31.1 Å². The van der Waals surface area contributed by atoms with Gasteiger partial charge in [0.05, 0.1) is 22.5 Å². The summed E-state index contributed by atoms with van der Waals surface area (Å²) in [5, 5.41) is 23.4. The van der Waals surface area contributed by atoms with Crippen LogP contribution in [0.1, 0.15) is 40.9 Å². The van der Waals surface area contributed by atoms with Gasteiger partial charge in [-0.2, -0.15) is 31.3 Å². The molecule has 44 heavy (non-hydrogen) atoms. The maximum Gasteiger partial charge on any atom is 0.490 e. The highest BCUT2D eigenvalue weighted by Gasteiger charge is 2.39. The minimum Gasteiger partial charge on any atom is -0.475 e. The second-order valence-electron chi connectivity index (χ2n) is 9.11. The van der Waals surface area contributed by atoms with E-state index in [4.69, 9.17) is 31.3 Å². The quantitative estimate of drug-likeness (QED) is 0.129. The number of benzene rings is 1. The molecule has 1 aliphatic carbocycles. The van der Waals surface area contributed by atoms with Gasteiger partial charge in [0.1, 0.15) is 5.82 Å². The molecule has 0 saturated heterocycles. The average molecular weight is 652 g/mol. The summed E-state index contributed by atoms with van der Waals surface area (Å²) in [6.45, 7) is 2.03. The van der Waals surface area contributed by atoms with Crippen molar-refractivity contribution >= 4 is 57.8 Å². The highest BCUT2D eigenvalue weighted by atomic mass is 32.1. The molecule has 1 aromatic carbocycles. The number of fused-ring (bicyclic) bond motifs is 1. The minimum atomic E-state index is -5.08. The van der Waals surface area contributed by atoms with Gasteiger partial charge in [-0.3, -0.25) is 10.1 Å². The fourth-order valence-electron chi connectivity index (χ4n) is 3.78. The van der Waals surface area contributed by atoms with Crippen LogP contribution in [0.5, 0.6) is 0 Å². The Kier molecular flexibility index (Phi) is 12.2. The predicted molar refractivity (Wildman–Crippen MR) is 149 cm³/mol. The Labute approximate surface area is 249 Å². The van der Waals surface area contributed by atoms with Crippen LogP contribution in [0.2, 0.25) is 0 Å². The number of guanidine groups is 1. The molecule has 8 N–H and O–H groups in total. The van der Waals surface area contributed by atoms with Gasteiger partial charge >= 0.3 is 24.3 Å². The summed E-state index contributed by atoms with van der Waals surface area (Å²) in [6.07, 6.45) is -6.13. The zero-order valence-corrected chi connectivity index (χ0v) is 23.6. The molecule has 2 unspecified atom stereocenters. The molecule has 0 radical (unpaired) electrons. The first kappa shape index (κ1) is 35.5. The van der Waals surface area contributed by atoms with Crippen molar-refractivity contribution in [1.29, 1.82) is 0 Å². The van der Waals surface area contributed by atoms with E-state index in [1.54, 1.807) is 6.07 Å². The lowest BCUT2D eigenvalue weighted by Crippen LogP contribution is -2.38. The highest BCUT2D eigenvalue weighted by Crippen LogP contribution is 2.29. The number of nitrogens with zero attached hydrogens (tertiary/aromatic N) is 3. The van der Waals surface area contributed by atoms with Crippen LogP contribution in [0.3, 0.4) is 0 Å². The van der Waals surface area contributed by atoms with Crippen molar-refractivity contribution in [2.75, 3.05) is 10.6 Å². The second-order valence-corrected chi connectivity index (χ2v) is 10.1. The van der Waals surface area contributed by atoms with E-state index in [1.165, 1.54) is 11.3 Å². The van der Waals surface area contributed by atoms with Crippen molar-refractivity contribution in [3.63, 3.8) is 0 Å². The largest absolute Gasteiger partial charge is 0.490 e. The molecule has 0 aliphatic heterocycles. The standard InChI is InChI=1S/C21H25N7OS.2C2HF3O2/c1-12-8-9-14-13(11-12)18(24-15-5-2-3-6-16(15)25-20(22)23)27-21(26-14)28-19(29)17-7-4-10-30-17;2*3-2(4,5)1(6)7/h4,7-11,15-16H,2-3,5-6H2,1H3,(H4,22,23,25)(H2,24,26,27,28,29);2*(H,6,7). The molecule has 1 amide bonds. The number of alkyl halides is 6. The molecular formula is C25H27F6N7O5S. The van der Waals surface area contributed by atoms with Crippen LogP contribution in [0.25, 0.3) is 10.9 Å². The molecular weight excluding hydrogens is 624 g/mol. The van der Waals surface area contributed by atoms with Gasteiger partial charge in [-0.1, -0.05) is 30.5 Å². The topological polar surface area (TPSA) is 206 Å². The molecule has 240 valence electrons. The van der Waals surface area contributed by atoms with Crippen molar-refractivity contribution in [2.24, 2.45) is 16.5 Å². The van der Waals surface area contributed by atoms with E-state index in [1.807, 2.05) is 36.6 Å². The molecule has 1 saturated carbocycles. The third-order valence-electron chi connectivity index (χ3n) is 5.67. The summed E-state index contributed by atoms with van der Waals surface area (Å²) in [7, 11) is 0. The van der Waals surface area contributed by atoms with Crippen molar-refractivity contribution in [1.82, 2.24) is 9.97 Å². The highest BCUT2D eigenvalue weighted by molar-refractivity contribution is 7.12. The fourth-order valence-corrected chi connectivity index (χ4v) is 4.40. The maximum absolute atomic E-state index is 12.5. The molecule has 1 aliphatic rings. The molecule has 19 heteroatoms. The van der Waals surface area contributed by atoms with Gasteiger partial charge in [0.25, 0.3) is 5.91 Å². The normalized spacial score (nSPS) is 16.3. The number of aromatic nitrogens is 2. The summed E-state index contributed by atoms with van der Waals surface area (Å²) in [5.74, 6) is -4.70. The molecule has 2 aromatic heterocycles. The number of carbonyl (C=O) groups excluding carboxylic acids is 1. The first-order valence-electron chi connectivity index (χ1n) is 12.5. The number of aryl methyl sites for hydroxylation is 1. The lowest BCUT2D eigenvalue weighted by Gasteiger charge is -2.30. The van der Waals surface area contributed by atoms with E-state index in [-0.39, 0.29) is 29.9 Å². The number of carbonyl (C=O) groups is 3. The van der Waals surface area contributed by atoms with Gasteiger partial charge in [0, 0.05) is 5.39 Å². The molecule has 0 bridgehead atoms. The number of anilines is 2. The third-order valence-corrected chi connectivity index (χ3v) is 6.54. The summed E-state index contributed by atoms with van der Waals surface area (Å²) in [4.78, 5) is 44.5. The molecule has 0 spiro atoms. The molecule has 4 rings (SSSR count). The Balaban J connectivity index is 0.000000402. The van der Waals surface area contributed by atoms with E-state index in [2.05, 4.69) is 25.6 Å². The van der Waals surface area contributed by atoms with Crippen molar-refractivity contribution < 1.29 is 50.9 Å². The summed E-state index contributed by atoms with van der Waals surface area (Å²) >= 11 is 1.37. The SMILES string of the molecule is Cc1ccc2nc(NC(=O)c3cccs3)nc(NC3CCCCC3N=C(N)N)c2c1.O=C(O)C(F)(F)F.O=C(O)C(F)(F)F. The Morgan fingerprint density at radius 3 is 2.09 bits per heavy atom. The van der Waals surface area contributed by atoms with Gasteiger partial charge in [-0.15, -0.1) is 11.3 Å². The van der Waals surface area contributed by atoms with Gasteiger partial charge in [0.2, 0.25) is 5.95 Å². The number of aliphatic carboxylic acids is 2. The lowest BCUT2D eigenvalue weighted by atomic mass is 9.90. The van der Waals surface area contributed by atoms with Crippen LogP contribution in [0.15, 0.2) is 40.7 Å². The maximum atomic E-state index is 12.5. The number of nitrogens with one attached hydrogen (secondary N) is 2. The number of carboxylic acids is 2. The van der Waals surface area contributed by atoms with Gasteiger partial charge < -0.3 is 27.0 Å². The summed E-state index contributed by atoms with van der Waals surface area (Å²) in [5.41, 5.74) is 13.1. The number of rotatable bonds is 5. The van der Waals surface area contributed by atoms with Crippen LogP contribution >= 0.6 is 11.3 Å². The fraction of sp³-hybridized carbons (Fsp3) is 0.360. The number of halogens is 6. The van der Waals surface area contributed by atoms with Crippen LogP contribution in [0.4, 0.5) is 38.1 Å². The Bertz CT molecular complexity index is 1450. The van der Waals surface area contributed by atoms with Crippen molar-refractivity contribution in [3.05, 3.63) is 46.2 Å². The zero-order chi connectivity index (χ0) is 33.2. The van der Waals surface area contributed by atoms with Crippen molar-refractivity contribution in [3.8, 4) is 0 Å². The van der Waals surface area contributed by atoms with Gasteiger partial charge in [0.15, 0.2) is 5.96 Å². The van der Waals surface area contributed by atoms with Crippen LogP contribution < -0.4 is 22.1 Å². The number of hydrogen-bond donors (Lipinski definition) is 6. The molecule has 2 atom stereocenters. The van der Waals surface area contributed by atoms with E-state index >= 15 is 0 Å². The first-order chi connectivity index (χ1) is 20.4. The van der Waals surface area contributed by atoms with Gasteiger partial charge in [-0.05, 0) is 43.3 Å². The summed E-state index contributed by atoms with van der Waals surface area (Å²) in [6, 6.07) is 9.62. The average Bonchev–Trinajstić information content (AvgIpc) is 3.45. The molecule has 12 nitrogen and oxygen atoms in total. The number of aliphatic imine (C=N–C) groups is 1. The summed E-state index contributed by atoms with van der Waals surface area (Å²) < 4.78 is 63.5. The number of amides is 1. The van der Waals surface area contributed by atoms with Crippen LogP contribution in [-0.2, 0) is 9.59 Å². The Hall–Kier alpha value is -4.68. The molecule has 3 aromatic rings. The zero-order valence-electron chi connectivity index (χ0n) is 22.7. The van der Waals surface area contributed by atoms with E-state index in [0.717, 1.165) is 42.1 Å². The third kappa shape index (κ3) is 11.2. The van der Waals surface area contributed by atoms with Crippen LogP contribution in [-0.4, -0.2) is 68.4 Å². The molecule has 2 heterocycles. The number of thiophene rings is 1. The number of carboxylic acid groups (broad SMARTS) is 2. The first-order valence-corrected chi connectivity index (χ1v) is 13.3. The Morgan fingerprint density at radius 2 is 1.57 bits per heavy atom. The second kappa shape index (κ2) is 15.2. The monoisotopic (exact) mass is 651 g/mol. The lowest BCUT2D eigenvalue weighted by molar-refractivity contribution is -0.193. The van der Waals surface area contributed by atoms with E-state index < -0.39 is 24.3 Å². The van der Waals surface area contributed by atoms with Gasteiger partial charge in [-0.25, -0.2) is 19.6 Å². The molecule has 1 fully saturated rings.